The standard InChI is InChI=1S/C27H26N2O4S/c1-3-32-24-15-17(10-11-23(24)33-16(2)30)27-26-21(28-19-7-4-5-8-20(19)29-27)13-18(14-22(26)31)25-9-6-12-34-25/h4-12,15,18,27-29H,3,13-14H2,1-2H3. The van der Waals surface area contributed by atoms with Crippen molar-refractivity contribution in [1.82, 2.24) is 0 Å². The largest absolute Gasteiger partial charge is 0.490 e. The molecule has 174 valence electrons. The number of ketones is 1. The molecule has 0 amide bonds. The van der Waals surface area contributed by atoms with Gasteiger partial charge in [0.05, 0.1) is 24.0 Å². The maximum Gasteiger partial charge on any atom is 0.308 e. The summed E-state index contributed by atoms with van der Waals surface area (Å²) in [7, 11) is 0. The fourth-order valence-corrected chi connectivity index (χ4v) is 5.51. The van der Waals surface area contributed by atoms with Crippen molar-refractivity contribution >= 4 is 34.5 Å². The third-order valence-electron chi connectivity index (χ3n) is 6.11. The SMILES string of the molecule is CCOc1cc(C2Nc3ccccc3NC3=C2C(=O)CC(c2cccs2)C3)ccc1OC(C)=O. The average molecular weight is 475 g/mol. The lowest BCUT2D eigenvalue weighted by atomic mass is 9.80. The lowest BCUT2D eigenvalue weighted by molar-refractivity contribution is -0.132. The van der Waals surface area contributed by atoms with Crippen LogP contribution in [-0.4, -0.2) is 18.4 Å². The summed E-state index contributed by atoms with van der Waals surface area (Å²) in [6, 6.07) is 17.2. The van der Waals surface area contributed by atoms with E-state index >= 15 is 0 Å². The third-order valence-corrected chi connectivity index (χ3v) is 7.14. The quantitative estimate of drug-likeness (QED) is 0.346. The van der Waals surface area contributed by atoms with Gasteiger partial charge < -0.3 is 20.1 Å². The molecule has 0 fully saturated rings. The summed E-state index contributed by atoms with van der Waals surface area (Å²) in [4.78, 5) is 26.4. The van der Waals surface area contributed by atoms with Gasteiger partial charge >= 0.3 is 5.97 Å². The van der Waals surface area contributed by atoms with Crippen molar-refractivity contribution in [3.8, 4) is 11.5 Å². The van der Waals surface area contributed by atoms with Crippen molar-refractivity contribution in [3.63, 3.8) is 0 Å². The van der Waals surface area contributed by atoms with E-state index < -0.39 is 5.97 Å². The Labute approximate surface area is 202 Å². The van der Waals surface area contributed by atoms with Gasteiger partial charge in [-0.05, 0) is 54.6 Å². The summed E-state index contributed by atoms with van der Waals surface area (Å²) in [5.41, 5.74) is 4.42. The van der Waals surface area contributed by atoms with E-state index in [2.05, 4.69) is 22.1 Å². The van der Waals surface area contributed by atoms with Crippen molar-refractivity contribution in [2.24, 2.45) is 0 Å². The molecule has 3 aromatic rings. The number of hydrogen-bond donors (Lipinski definition) is 2. The van der Waals surface area contributed by atoms with Gasteiger partial charge in [0, 0.05) is 35.4 Å². The van der Waals surface area contributed by atoms with E-state index in [9.17, 15) is 9.59 Å². The molecule has 0 bridgehead atoms. The summed E-state index contributed by atoms with van der Waals surface area (Å²) >= 11 is 1.70. The smallest absolute Gasteiger partial charge is 0.308 e. The van der Waals surface area contributed by atoms with Crippen LogP contribution in [0.3, 0.4) is 0 Å². The monoisotopic (exact) mass is 474 g/mol. The second-order valence-corrected chi connectivity index (χ2v) is 9.40. The summed E-state index contributed by atoms with van der Waals surface area (Å²) in [5.74, 6) is 0.720. The summed E-state index contributed by atoms with van der Waals surface area (Å²) in [6.07, 6.45) is 1.23. The van der Waals surface area contributed by atoms with Crippen molar-refractivity contribution in [3.05, 3.63) is 81.7 Å². The van der Waals surface area contributed by atoms with E-state index in [-0.39, 0.29) is 17.7 Å². The van der Waals surface area contributed by atoms with Crippen LogP contribution in [0.25, 0.3) is 0 Å². The number of fused-ring (bicyclic) bond motifs is 1. The summed E-state index contributed by atoms with van der Waals surface area (Å²) in [6.45, 7) is 3.67. The maximum atomic E-state index is 13.6. The molecule has 0 saturated heterocycles. The topological polar surface area (TPSA) is 76.7 Å². The molecule has 2 N–H and O–H groups in total. The zero-order chi connectivity index (χ0) is 23.7. The third kappa shape index (κ3) is 4.31. The second kappa shape index (κ2) is 9.35. The van der Waals surface area contributed by atoms with Gasteiger partial charge in [-0.15, -0.1) is 11.3 Å². The second-order valence-electron chi connectivity index (χ2n) is 8.42. The zero-order valence-corrected chi connectivity index (χ0v) is 19.9. The molecule has 2 aromatic carbocycles. The number of esters is 1. The molecule has 2 atom stereocenters. The number of Topliss-reactive ketones (excluding diaryl/α,β-unsaturated/α-hetero) is 1. The van der Waals surface area contributed by atoms with E-state index in [0.29, 0.717) is 24.5 Å². The van der Waals surface area contributed by atoms with Gasteiger partial charge in [-0.3, -0.25) is 9.59 Å². The Balaban J connectivity index is 1.60. The fraction of sp³-hybridized carbons (Fsp3) is 0.259. The van der Waals surface area contributed by atoms with Crippen molar-refractivity contribution in [1.29, 1.82) is 0 Å². The first-order valence-electron chi connectivity index (χ1n) is 11.4. The molecular formula is C27H26N2O4S. The maximum absolute atomic E-state index is 13.6. The Hall–Kier alpha value is -3.58. The van der Waals surface area contributed by atoms with Gasteiger partial charge in [-0.1, -0.05) is 24.3 Å². The minimum atomic E-state index is -0.411. The molecule has 7 heteroatoms. The molecule has 1 aliphatic heterocycles. The van der Waals surface area contributed by atoms with E-state index in [1.165, 1.54) is 11.8 Å². The van der Waals surface area contributed by atoms with Crippen LogP contribution in [0.5, 0.6) is 11.5 Å². The molecule has 6 nitrogen and oxygen atoms in total. The van der Waals surface area contributed by atoms with Crippen LogP contribution in [0.1, 0.15) is 49.1 Å². The molecule has 0 radical (unpaired) electrons. The van der Waals surface area contributed by atoms with Gasteiger partial charge in [0.25, 0.3) is 0 Å². The number of para-hydroxylation sites is 2. The number of nitrogens with one attached hydrogen (secondary N) is 2. The normalized spacial score (nSPS) is 19.3. The number of benzene rings is 2. The number of carbonyl (C=O) groups excluding carboxylic acids is 2. The van der Waals surface area contributed by atoms with Crippen LogP contribution < -0.4 is 20.1 Å². The van der Waals surface area contributed by atoms with Crippen LogP contribution in [0.4, 0.5) is 11.4 Å². The van der Waals surface area contributed by atoms with Gasteiger partial charge in [0.2, 0.25) is 0 Å². The van der Waals surface area contributed by atoms with E-state index in [4.69, 9.17) is 9.47 Å². The average Bonchev–Trinajstić information content (AvgIpc) is 3.29. The Morgan fingerprint density at radius 3 is 2.62 bits per heavy atom. The molecule has 5 rings (SSSR count). The van der Waals surface area contributed by atoms with E-state index in [1.54, 1.807) is 17.4 Å². The number of carbonyl (C=O) groups is 2. The summed E-state index contributed by atoms with van der Waals surface area (Å²) in [5, 5.41) is 9.20. The Morgan fingerprint density at radius 2 is 1.88 bits per heavy atom. The van der Waals surface area contributed by atoms with Crippen molar-refractivity contribution < 1.29 is 19.1 Å². The number of hydrogen-bond acceptors (Lipinski definition) is 7. The lowest BCUT2D eigenvalue weighted by Gasteiger charge is -2.29. The molecule has 2 heterocycles. The molecule has 2 unspecified atom stereocenters. The molecule has 0 saturated carbocycles. The van der Waals surface area contributed by atoms with Gasteiger partial charge in [-0.25, -0.2) is 0 Å². The predicted molar refractivity (Wildman–Crippen MR) is 134 cm³/mol. The number of ether oxygens (including phenoxy) is 2. The number of anilines is 2. The minimum absolute atomic E-state index is 0.125. The van der Waals surface area contributed by atoms with Crippen molar-refractivity contribution in [2.75, 3.05) is 17.2 Å². The Bertz CT molecular complexity index is 1270. The highest BCUT2D eigenvalue weighted by Crippen LogP contribution is 2.45. The number of thiophene rings is 1. The molecule has 1 aliphatic carbocycles. The fourth-order valence-electron chi connectivity index (χ4n) is 4.68. The van der Waals surface area contributed by atoms with E-state index in [0.717, 1.165) is 34.6 Å². The predicted octanol–water partition coefficient (Wildman–Crippen LogP) is 6.05. The van der Waals surface area contributed by atoms with Gasteiger partial charge in [-0.2, -0.15) is 0 Å². The number of rotatable bonds is 5. The van der Waals surface area contributed by atoms with Crippen LogP contribution in [0.15, 0.2) is 71.2 Å². The lowest BCUT2D eigenvalue weighted by Crippen LogP contribution is -2.26. The first kappa shape index (κ1) is 22.2. The highest BCUT2D eigenvalue weighted by Gasteiger charge is 2.36. The van der Waals surface area contributed by atoms with Gasteiger partial charge in [0.1, 0.15) is 0 Å². The van der Waals surface area contributed by atoms with Crippen LogP contribution >= 0.6 is 11.3 Å². The highest BCUT2D eigenvalue weighted by atomic mass is 32.1. The zero-order valence-electron chi connectivity index (χ0n) is 19.1. The van der Waals surface area contributed by atoms with Crippen LogP contribution in [0.2, 0.25) is 0 Å². The molecule has 2 aliphatic rings. The van der Waals surface area contributed by atoms with E-state index in [1.807, 2.05) is 49.4 Å². The molecule has 1 aromatic heterocycles. The number of allylic oxidation sites excluding steroid dienone is 1. The Morgan fingerprint density at radius 1 is 1.06 bits per heavy atom. The molecular weight excluding hydrogens is 448 g/mol. The minimum Gasteiger partial charge on any atom is -0.490 e. The van der Waals surface area contributed by atoms with Crippen LogP contribution in [0, 0.1) is 0 Å². The first-order chi connectivity index (χ1) is 16.5. The van der Waals surface area contributed by atoms with Crippen LogP contribution in [-0.2, 0) is 9.59 Å². The Kier molecular flexibility index (Phi) is 6.11. The first-order valence-corrected chi connectivity index (χ1v) is 12.3. The summed E-state index contributed by atoms with van der Waals surface area (Å²) < 4.78 is 11.1. The van der Waals surface area contributed by atoms with Crippen molar-refractivity contribution in [2.45, 2.75) is 38.6 Å². The molecule has 0 spiro atoms. The molecule has 34 heavy (non-hydrogen) atoms. The highest BCUT2D eigenvalue weighted by molar-refractivity contribution is 7.10. The van der Waals surface area contributed by atoms with Gasteiger partial charge in [0.15, 0.2) is 17.3 Å².